The van der Waals surface area contributed by atoms with Crippen molar-refractivity contribution >= 4 is 69.5 Å². The molecule has 5 nitrogen and oxygen atoms in total. The number of hydrogen-bond donors (Lipinski definition) is 1. The van der Waals surface area contributed by atoms with Crippen LogP contribution in [0.15, 0.2) is 47.4 Å². The smallest absolute Gasteiger partial charge is 0.305 e. The highest BCUT2D eigenvalue weighted by molar-refractivity contribution is 8.26. The molecule has 0 spiro atoms. The predicted molar refractivity (Wildman–Crippen MR) is 119 cm³/mol. The van der Waals surface area contributed by atoms with E-state index >= 15 is 0 Å². The maximum Gasteiger partial charge on any atom is 0.305 e. The Labute approximate surface area is 187 Å². The minimum absolute atomic E-state index is 0.0484. The summed E-state index contributed by atoms with van der Waals surface area (Å²) in [7, 11) is 0. The molecule has 1 fully saturated rings. The fourth-order valence-corrected chi connectivity index (χ4v) is 4.18. The van der Waals surface area contributed by atoms with Crippen LogP contribution >= 0.6 is 47.2 Å². The molecule has 2 aromatic carbocycles. The van der Waals surface area contributed by atoms with Crippen molar-refractivity contribution in [3.05, 3.63) is 68.5 Å². The van der Waals surface area contributed by atoms with Crippen LogP contribution in [0.1, 0.15) is 17.5 Å². The van der Waals surface area contributed by atoms with E-state index < -0.39 is 5.97 Å². The van der Waals surface area contributed by atoms with Gasteiger partial charge in [0.2, 0.25) is 0 Å². The summed E-state index contributed by atoms with van der Waals surface area (Å²) in [5.74, 6) is -0.695. The van der Waals surface area contributed by atoms with Crippen molar-refractivity contribution < 1.29 is 19.4 Å². The summed E-state index contributed by atoms with van der Waals surface area (Å²) in [6.45, 7) is 0.328. The summed E-state index contributed by atoms with van der Waals surface area (Å²) < 4.78 is 6.25. The summed E-state index contributed by atoms with van der Waals surface area (Å²) in [5.41, 5.74) is 1.57. The molecule has 0 radical (unpaired) electrons. The summed E-state index contributed by atoms with van der Waals surface area (Å²) in [6.07, 6.45) is 1.54. The Kier molecular flexibility index (Phi) is 7.18. The molecule has 2 aromatic rings. The van der Waals surface area contributed by atoms with E-state index in [0.29, 0.717) is 30.6 Å². The Balaban J connectivity index is 1.76. The average Bonchev–Trinajstić information content (AvgIpc) is 2.95. The number of hydrogen-bond acceptors (Lipinski definition) is 5. The van der Waals surface area contributed by atoms with Crippen LogP contribution in [-0.4, -0.2) is 32.7 Å². The molecule has 0 saturated carbocycles. The van der Waals surface area contributed by atoms with E-state index in [1.54, 1.807) is 24.3 Å². The molecular weight excluding hydrogens is 453 g/mol. The number of para-hydroxylation sites is 1. The maximum absolute atomic E-state index is 12.6. The van der Waals surface area contributed by atoms with Crippen LogP contribution in [0.25, 0.3) is 6.08 Å². The van der Waals surface area contributed by atoms with Gasteiger partial charge in [-0.25, -0.2) is 0 Å². The SMILES string of the molecule is O=C(O)CCN1C(=O)/C(=C\c2ccccc2OCc2ccc(Cl)c(Cl)c2)SC1=S. The van der Waals surface area contributed by atoms with Gasteiger partial charge in [0.15, 0.2) is 0 Å². The largest absolute Gasteiger partial charge is 0.488 e. The number of rotatable bonds is 7. The molecular formula is C20H15Cl2NO4S2. The van der Waals surface area contributed by atoms with Gasteiger partial charge in [0, 0.05) is 12.1 Å². The Bertz CT molecular complexity index is 1010. The lowest BCUT2D eigenvalue weighted by atomic mass is 10.1. The minimum atomic E-state index is -0.982. The standard InChI is InChI=1S/C20H15Cl2NO4S2/c21-14-6-5-12(9-15(14)22)11-27-16-4-2-1-3-13(16)10-17-19(26)23(20(28)29-17)8-7-18(24)25/h1-6,9-10H,7-8,11H2,(H,24,25)/b17-10+. The van der Waals surface area contributed by atoms with E-state index in [1.165, 1.54) is 4.90 Å². The van der Waals surface area contributed by atoms with Gasteiger partial charge >= 0.3 is 5.97 Å². The van der Waals surface area contributed by atoms with Crippen molar-refractivity contribution in [2.24, 2.45) is 0 Å². The second-order valence-electron chi connectivity index (χ2n) is 6.05. The van der Waals surface area contributed by atoms with E-state index in [-0.39, 0.29) is 25.5 Å². The molecule has 150 valence electrons. The summed E-state index contributed by atoms with van der Waals surface area (Å²) in [4.78, 5) is 25.1. The Morgan fingerprint density at radius 2 is 1.97 bits per heavy atom. The Morgan fingerprint density at radius 3 is 2.69 bits per heavy atom. The lowest BCUT2D eigenvalue weighted by Gasteiger charge is -2.12. The second-order valence-corrected chi connectivity index (χ2v) is 8.54. The predicted octanol–water partition coefficient (Wildman–Crippen LogP) is 5.25. The first-order valence-corrected chi connectivity index (χ1v) is 10.5. The highest BCUT2D eigenvalue weighted by Gasteiger charge is 2.32. The van der Waals surface area contributed by atoms with Crippen molar-refractivity contribution in [1.29, 1.82) is 0 Å². The molecule has 1 aliphatic heterocycles. The first-order chi connectivity index (χ1) is 13.8. The van der Waals surface area contributed by atoms with Gasteiger partial charge in [0.1, 0.15) is 16.7 Å². The fraction of sp³-hybridized carbons (Fsp3) is 0.150. The van der Waals surface area contributed by atoms with E-state index in [1.807, 2.05) is 24.3 Å². The van der Waals surface area contributed by atoms with Gasteiger partial charge in [-0.1, -0.05) is 71.4 Å². The number of halogens is 2. The Hall–Kier alpha value is -2.06. The van der Waals surface area contributed by atoms with E-state index in [2.05, 4.69) is 0 Å². The number of carboxylic acid groups (broad SMARTS) is 1. The topological polar surface area (TPSA) is 66.8 Å². The molecule has 1 N–H and O–H groups in total. The molecule has 1 amide bonds. The number of aliphatic carboxylic acids is 1. The molecule has 1 heterocycles. The van der Waals surface area contributed by atoms with Crippen molar-refractivity contribution in [3.63, 3.8) is 0 Å². The highest BCUT2D eigenvalue weighted by Crippen LogP contribution is 2.34. The fourth-order valence-electron chi connectivity index (χ4n) is 2.56. The summed E-state index contributed by atoms with van der Waals surface area (Å²) >= 11 is 18.3. The van der Waals surface area contributed by atoms with E-state index in [9.17, 15) is 9.59 Å². The lowest BCUT2D eigenvalue weighted by Crippen LogP contribution is -2.30. The summed E-state index contributed by atoms with van der Waals surface area (Å²) in [6, 6.07) is 12.6. The molecule has 0 bridgehead atoms. The van der Waals surface area contributed by atoms with Gasteiger partial charge in [-0.3, -0.25) is 14.5 Å². The number of carboxylic acids is 1. The van der Waals surface area contributed by atoms with Crippen LogP contribution < -0.4 is 4.74 Å². The zero-order valence-electron chi connectivity index (χ0n) is 14.9. The van der Waals surface area contributed by atoms with Crippen LogP contribution in [0.3, 0.4) is 0 Å². The van der Waals surface area contributed by atoms with Crippen LogP contribution in [0.5, 0.6) is 5.75 Å². The zero-order chi connectivity index (χ0) is 21.0. The quantitative estimate of drug-likeness (QED) is 0.443. The van der Waals surface area contributed by atoms with Gasteiger partial charge in [-0.2, -0.15) is 0 Å². The van der Waals surface area contributed by atoms with Gasteiger partial charge in [0.25, 0.3) is 5.91 Å². The lowest BCUT2D eigenvalue weighted by molar-refractivity contribution is -0.137. The van der Waals surface area contributed by atoms with Crippen molar-refractivity contribution in [2.75, 3.05) is 6.54 Å². The molecule has 3 rings (SSSR count). The third-order valence-corrected chi connectivity index (χ3v) is 6.12. The van der Waals surface area contributed by atoms with Crippen LogP contribution in [0.2, 0.25) is 10.0 Å². The van der Waals surface area contributed by atoms with Crippen molar-refractivity contribution in [2.45, 2.75) is 13.0 Å². The molecule has 0 aliphatic carbocycles. The van der Waals surface area contributed by atoms with Gasteiger partial charge < -0.3 is 9.84 Å². The molecule has 0 aromatic heterocycles. The molecule has 0 atom stereocenters. The normalized spacial score (nSPS) is 15.2. The Morgan fingerprint density at radius 1 is 1.21 bits per heavy atom. The zero-order valence-corrected chi connectivity index (χ0v) is 18.1. The first kappa shape index (κ1) is 21.6. The monoisotopic (exact) mass is 467 g/mol. The summed E-state index contributed by atoms with van der Waals surface area (Å²) in [5, 5.41) is 9.76. The van der Waals surface area contributed by atoms with E-state index in [0.717, 1.165) is 17.3 Å². The number of nitrogens with zero attached hydrogens (tertiary/aromatic N) is 1. The number of carbonyl (C=O) groups excluding carboxylic acids is 1. The number of carbonyl (C=O) groups is 2. The number of thioether (sulfide) groups is 1. The third-order valence-electron chi connectivity index (χ3n) is 4.01. The van der Waals surface area contributed by atoms with Crippen molar-refractivity contribution in [1.82, 2.24) is 4.90 Å². The maximum atomic E-state index is 12.6. The number of benzene rings is 2. The number of amides is 1. The van der Waals surface area contributed by atoms with Gasteiger partial charge in [0.05, 0.1) is 21.4 Å². The van der Waals surface area contributed by atoms with E-state index in [4.69, 9.17) is 45.3 Å². The molecule has 1 saturated heterocycles. The number of ether oxygens (including phenoxy) is 1. The van der Waals surface area contributed by atoms with Crippen molar-refractivity contribution in [3.8, 4) is 5.75 Å². The third kappa shape index (κ3) is 5.51. The first-order valence-electron chi connectivity index (χ1n) is 8.48. The average molecular weight is 468 g/mol. The molecule has 9 heteroatoms. The highest BCUT2D eigenvalue weighted by atomic mass is 35.5. The number of thiocarbonyl (C=S) groups is 1. The van der Waals surface area contributed by atoms with Crippen LogP contribution in [0.4, 0.5) is 0 Å². The second kappa shape index (κ2) is 9.63. The van der Waals surface area contributed by atoms with Gasteiger partial charge in [-0.15, -0.1) is 0 Å². The van der Waals surface area contributed by atoms with Gasteiger partial charge in [-0.05, 0) is 29.8 Å². The molecule has 29 heavy (non-hydrogen) atoms. The molecule has 0 unspecified atom stereocenters. The molecule has 1 aliphatic rings. The van der Waals surface area contributed by atoms with Crippen LogP contribution in [0, 0.1) is 0 Å². The minimum Gasteiger partial charge on any atom is -0.488 e. The van der Waals surface area contributed by atoms with Crippen LogP contribution in [-0.2, 0) is 16.2 Å².